The Kier molecular flexibility index (Phi) is 4.38. The molecule has 4 nitrogen and oxygen atoms in total. The maximum absolute atomic E-state index is 9.90. The van der Waals surface area contributed by atoms with E-state index in [1.54, 1.807) is 12.4 Å². The van der Waals surface area contributed by atoms with E-state index < -0.39 is 5.41 Å². The van der Waals surface area contributed by atoms with Gasteiger partial charge in [0, 0.05) is 36.8 Å². The van der Waals surface area contributed by atoms with Crippen LogP contribution in [0.1, 0.15) is 36.8 Å². The number of nitrogens with zero attached hydrogens (tertiary/aromatic N) is 4. The summed E-state index contributed by atoms with van der Waals surface area (Å²) in [6, 6.07) is 7.57. The minimum absolute atomic E-state index is 0.471. The van der Waals surface area contributed by atoms with Gasteiger partial charge < -0.3 is 0 Å². The number of rotatable bonds is 4. The molecule has 3 rings (SSSR count). The zero-order valence-electron chi connectivity index (χ0n) is 12.8. The number of piperidine rings is 1. The van der Waals surface area contributed by atoms with E-state index >= 15 is 0 Å². The first-order valence-electron chi connectivity index (χ1n) is 7.74. The molecule has 3 atom stereocenters. The molecule has 2 aliphatic heterocycles. The third-order valence-corrected chi connectivity index (χ3v) is 5.72. The van der Waals surface area contributed by atoms with E-state index in [2.05, 4.69) is 28.3 Å². The van der Waals surface area contributed by atoms with Crippen LogP contribution in [0.3, 0.4) is 0 Å². The normalized spacial score (nSPS) is 30.7. The Morgan fingerprint density at radius 3 is 2.64 bits per heavy atom. The highest BCUT2D eigenvalue weighted by atomic mass is 32.2. The van der Waals surface area contributed by atoms with Gasteiger partial charge in [-0.15, -0.1) is 0 Å². The van der Waals surface area contributed by atoms with Gasteiger partial charge in [-0.2, -0.15) is 22.3 Å². The van der Waals surface area contributed by atoms with Crippen molar-refractivity contribution in [1.29, 1.82) is 10.5 Å². The first-order chi connectivity index (χ1) is 10.7. The molecular formula is C17H20N4S. The Labute approximate surface area is 136 Å². The summed E-state index contributed by atoms with van der Waals surface area (Å²) < 4.78 is 0. The first kappa shape index (κ1) is 15.3. The van der Waals surface area contributed by atoms with Gasteiger partial charge in [0.15, 0.2) is 0 Å². The Morgan fingerprint density at radius 2 is 2.05 bits per heavy atom. The van der Waals surface area contributed by atoms with Gasteiger partial charge in [0.05, 0.1) is 17.0 Å². The zero-order valence-corrected chi connectivity index (χ0v) is 13.6. The molecule has 22 heavy (non-hydrogen) atoms. The number of thioether (sulfide) groups is 1. The van der Waals surface area contributed by atoms with Crippen molar-refractivity contribution in [3.8, 4) is 12.1 Å². The zero-order chi connectivity index (χ0) is 15.6. The Hall–Kier alpha value is -1.56. The Bertz CT molecular complexity index is 616. The molecule has 0 spiro atoms. The maximum Gasteiger partial charge on any atom is 0.101 e. The molecule has 0 aliphatic carbocycles. The van der Waals surface area contributed by atoms with E-state index in [1.165, 1.54) is 12.8 Å². The molecule has 0 N–H and O–H groups in total. The highest BCUT2D eigenvalue weighted by Crippen LogP contribution is 2.46. The SMILES string of the molecule is CSCCN1[C@@H]2CC[C@H]1C[C@](C#N)(c1cncc(C#N)c1)C2. The average Bonchev–Trinajstić information content (AvgIpc) is 2.81. The Morgan fingerprint density at radius 1 is 1.32 bits per heavy atom. The number of hydrogen-bond acceptors (Lipinski definition) is 5. The van der Waals surface area contributed by atoms with E-state index in [9.17, 15) is 5.26 Å². The number of pyridine rings is 1. The molecule has 0 radical (unpaired) electrons. The van der Waals surface area contributed by atoms with Crippen LogP contribution >= 0.6 is 11.8 Å². The fraction of sp³-hybridized carbons (Fsp3) is 0.588. The van der Waals surface area contributed by atoms with Crippen molar-refractivity contribution >= 4 is 11.8 Å². The maximum atomic E-state index is 9.90. The third-order valence-electron chi connectivity index (χ3n) is 5.13. The van der Waals surface area contributed by atoms with Crippen LogP contribution in [0.2, 0.25) is 0 Å². The minimum Gasteiger partial charge on any atom is -0.296 e. The standard InChI is InChI=1S/C17H20N4S/c1-22-5-4-21-15-2-3-16(21)8-17(7-15,12-19)14-6-13(9-18)10-20-11-14/h6,10-11,15-16H,2-5,7-8H2,1H3/t15-,16+,17-. The summed E-state index contributed by atoms with van der Waals surface area (Å²) >= 11 is 1.88. The van der Waals surface area contributed by atoms with E-state index in [0.717, 1.165) is 30.7 Å². The molecular weight excluding hydrogens is 292 g/mol. The highest BCUT2D eigenvalue weighted by molar-refractivity contribution is 7.98. The molecule has 0 saturated carbocycles. The molecule has 2 saturated heterocycles. The topological polar surface area (TPSA) is 63.7 Å². The highest BCUT2D eigenvalue weighted by Gasteiger charge is 2.49. The molecule has 0 aromatic carbocycles. The van der Waals surface area contributed by atoms with Crippen LogP contribution in [0.25, 0.3) is 0 Å². The van der Waals surface area contributed by atoms with Gasteiger partial charge in [-0.1, -0.05) is 0 Å². The van der Waals surface area contributed by atoms with Crippen molar-refractivity contribution in [2.75, 3.05) is 18.6 Å². The lowest BCUT2D eigenvalue weighted by Crippen LogP contribution is -2.49. The summed E-state index contributed by atoms with van der Waals surface area (Å²) in [6.07, 6.45) is 9.60. The lowest BCUT2D eigenvalue weighted by molar-refractivity contribution is 0.113. The van der Waals surface area contributed by atoms with Gasteiger partial charge >= 0.3 is 0 Å². The molecule has 1 aromatic rings. The minimum atomic E-state index is -0.471. The molecule has 2 aliphatic rings. The summed E-state index contributed by atoms with van der Waals surface area (Å²) in [5.74, 6) is 1.15. The average molecular weight is 312 g/mol. The predicted octanol–water partition coefficient (Wildman–Crippen LogP) is 2.70. The lowest BCUT2D eigenvalue weighted by atomic mass is 9.71. The monoisotopic (exact) mass is 312 g/mol. The van der Waals surface area contributed by atoms with Crippen molar-refractivity contribution in [3.63, 3.8) is 0 Å². The van der Waals surface area contributed by atoms with Gasteiger partial charge in [0.25, 0.3) is 0 Å². The summed E-state index contributed by atoms with van der Waals surface area (Å²) in [4.78, 5) is 6.78. The van der Waals surface area contributed by atoms with Crippen molar-refractivity contribution in [1.82, 2.24) is 9.88 Å². The summed E-state index contributed by atoms with van der Waals surface area (Å²) in [7, 11) is 0. The van der Waals surface area contributed by atoms with Crippen LogP contribution in [0.15, 0.2) is 18.5 Å². The fourth-order valence-electron chi connectivity index (χ4n) is 4.06. The second-order valence-electron chi connectivity index (χ2n) is 6.29. The third kappa shape index (κ3) is 2.60. The van der Waals surface area contributed by atoms with Crippen molar-refractivity contribution < 1.29 is 0 Å². The van der Waals surface area contributed by atoms with Crippen LogP contribution in [-0.2, 0) is 5.41 Å². The van der Waals surface area contributed by atoms with Crippen molar-refractivity contribution in [2.24, 2.45) is 0 Å². The van der Waals surface area contributed by atoms with Crippen LogP contribution in [0.4, 0.5) is 0 Å². The Balaban J connectivity index is 1.88. The molecule has 1 aromatic heterocycles. The number of aromatic nitrogens is 1. The number of hydrogen-bond donors (Lipinski definition) is 0. The molecule has 2 bridgehead atoms. The summed E-state index contributed by atoms with van der Waals surface area (Å²) in [5, 5.41) is 19.0. The van der Waals surface area contributed by atoms with E-state index in [0.29, 0.717) is 17.6 Å². The second-order valence-corrected chi connectivity index (χ2v) is 7.28. The molecule has 5 heteroatoms. The molecule has 3 heterocycles. The number of nitriles is 2. The van der Waals surface area contributed by atoms with Gasteiger partial charge in [-0.25, -0.2) is 0 Å². The quantitative estimate of drug-likeness (QED) is 0.855. The van der Waals surface area contributed by atoms with Gasteiger partial charge in [-0.05, 0) is 43.6 Å². The fourth-order valence-corrected chi connectivity index (χ4v) is 4.45. The van der Waals surface area contributed by atoms with Gasteiger partial charge in [-0.3, -0.25) is 9.88 Å². The van der Waals surface area contributed by atoms with E-state index in [4.69, 9.17) is 5.26 Å². The van der Waals surface area contributed by atoms with Crippen molar-refractivity contribution in [2.45, 2.75) is 43.2 Å². The molecule has 0 amide bonds. The molecule has 0 unspecified atom stereocenters. The first-order valence-corrected chi connectivity index (χ1v) is 9.13. The smallest absolute Gasteiger partial charge is 0.101 e. The largest absolute Gasteiger partial charge is 0.296 e. The predicted molar refractivity (Wildman–Crippen MR) is 87.4 cm³/mol. The van der Waals surface area contributed by atoms with Gasteiger partial charge in [0.2, 0.25) is 0 Å². The second kappa shape index (κ2) is 6.28. The molecule has 114 valence electrons. The van der Waals surface area contributed by atoms with Crippen LogP contribution < -0.4 is 0 Å². The van der Waals surface area contributed by atoms with Gasteiger partial charge in [0.1, 0.15) is 6.07 Å². The van der Waals surface area contributed by atoms with Crippen LogP contribution in [-0.4, -0.2) is 40.5 Å². The summed E-state index contributed by atoms with van der Waals surface area (Å²) in [6.45, 7) is 1.12. The van der Waals surface area contributed by atoms with Crippen LogP contribution in [0.5, 0.6) is 0 Å². The van der Waals surface area contributed by atoms with E-state index in [1.807, 2.05) is 17.8 Å². The number of fused-ring (bicyclic) bond motifs is 2. The van der Waals surface area contributed by atoms with Crippen LogP contribution in [0, 0.1) is 22.7 Å². The van der Waals surface area contributed by atoms with E-state index in [-0.39, 0.29) is 0 Å². The summed E-state index contributed by atoms with van der Waals surface area (Å²) in [5.41, 5.74) is 1.00. The molecule has 2 fully saturated rings. The van der Waals surface area contributed by atoms with Crippen molar-refractivity contribution in [3.05, 3.63) is 29.6 Å². The lowest BCUT2D eigenvalue weighted by Gasteiger charge is -2.43.